The van der Waals surface area contributed by atoms with E-state index in [1.807, 2.05) is 0 Å². The van der Waals surface area contributed by atoms with Crippen molar-refractivity contribution < 1.29 is 39.9 Å². The molecule has 0 bridgehead atoms. The van der Waals surface area contributed by atoms with E-state index in [4.69, 9.17) is 9.79 Å². The Hall–Kier alpha value is -2.16. The smallest absolute Gasteiger partial charge is 0.448 e. The van der Waals surface area contributed by atoms with Gasteiger partial charge in [-0.2, -0.15) is 4.76 Å². The molecule has 2 atom stereocenters. The molecule has 0 amide bonds. The van der Waals surface area contributed by atoms with E-state index in [1.54, 1.807) is 6.92 Å². The average Bonchev–Trinajstić information content (AvgIpc) is 2.44. The van der Waals surface area contributed by atoms with Crippen LogP contribution in [0.1, 0.15) is 24.8 Å². The lowest BCUT2D eigenvalue weighted by atomic mass is 9.76. The summed E-state index contributed by atoms with van der Waals surface area (Å²) in [5.41, 5.74) is -0.251. The second-order valence-corrected chi connectivity index (χ2v) is 7.18. The van der Waals surface area contributed by atoms with E-state index < -0.39 is 42.6 Å². The number of phenols is 1. The fraction of sp³-hybridized carbons (Fsp3) is 0.312. The minimum absolute atomic E-state index is 0.109. The predicted octanol–water partition coefficient (Wildman–Crippen LogP) is 1.61. The van der Waals surface area contributed by atoms with Crippen molar-refractivity contribution in [1.82, 2.24) is 0 Å². The molecule has 1 aliphatic carbocycles. The van der Waals surface area contributed by atoms with E-state index in [0.717, 1.165) is 12.2 Å². The molecule has 0 aromatic heterocycles. The number of aromatic hydroxyl groups is 1. The van der Waals surface area contributed by atoms with Gasteiger partial charge in [0.05, 0.1) is 5.71 Å². The highest BCUT2D eigenvalue weighted by Crippen LogP contribution is 2.44. The number of hydrogen-bond donors (Lipinski definition) is 7. The summed E-state index contributed by atoms with van der Waals surface area (Å²) in [5.74, 6) is -6.88. The number of phenolic OH excluding ortho intramolecular Hbond substituents is 1. The van der Waals surface area contributed by atoms with E-state index in [-0.39, 0.29) is 12.2 Å². The molecule has 0 saturated heterocycles. The Morgan fingerprint density at radius 3 is 2.38 bits per heavy atom. The molecule has 0 aliphatic heterocycles. The van der Waals surface area contributed by atoms with E-state index in [1.165, 1.54) is 24.3 Å². The largest absolute Gasteiger partial charge is 0.511 e. The SMILES string of the molecule is CCC(c1cccc(O)c1)C(O)(O)C1C(O)=CC(O)=CC1=NP(=O)(O)O. The van der Waals surface area contributed by atoms with Crippen LogP contribution >= 0.6 is 7.75 Å². The van der Waals surface area contributed by atoms with Gasteiger partial charge in [-0.15, -0.1) is 0 Å². The Morgan fingerprint density at radius 1 is 1.19 bits per heavy atom. The van der Waals surface area contributed by atoms with Crippen molar-refractivity contribution in [2.75, 3.05) is 0 Å². The second kappa shape index (κ2) is 7.22. The first-order chi connectivity index (χ1) is 12.0. The molecule has 1 aromatic carbocycles. The molecular weight excluding hydrogens is 365 g/mol. The van der Waals surface area contributed by atoms with Gasteiger partial charge in [0.25, 0.3) is 0 Å². The first-order valence-electron chi connectivity index (χ1n) is 7.66. The van der Waals surface area contributed by atoms with Crippen LogP contribution in [0.3, 0.4) is 0 Å². The van der Waals surface area contributed by atoms with Gasteiger partial charge < -0.3 is 35.3 Å². The molecule has 1 aromatic rings. The third-order valence-electron chi connectivity index (χ3n) is 4.05. The number of hydrogen-bond acceptors (Lipinski definition) is 6. The van der Waals surface area contributed by atoms with Gasteiger partial charge in [0.2, 0.25) is 0 Å². The molecule has 0 fully saturated rings. The van der Waals surface area contributed by atoms with Crippen LogP contribution in [0.5, 0.6) is 5.75 Å². The van der Waals surface area contributed by atoms with Crippen molar-refractivity contribution in [3.63, 3.8) is 0 Å². The summed E-state index contributed by atoms with van der Waals surface area (Å²) >= 11 is 0. The molecule has 1 aliphatic rings. The van der Waals surface area contributed by atoms with Gasteiger partial charge in [-0.25, -0.2) is 4.57 Å². The molecular formula is C16H20NO8P. The molecule has 7 N–H and O–H groups in total. The summed E-state index contributed by atoms with van der Waals surface area (Å²) in [6.07, 6.45) is 1.82. The molecule has 0 spiro atoms. The number of aliphatic hydroxyl groups excluding tert-OH is 2. The topological polar surface area (TPSA) is 171 Å². The van der Waals surface area contributed by atoms with Crippen LogP contribution in [0.25, 0.3) is 0 Å². The van der Waals surface area contributed by atoms with Crippen LogP contribution in [0.4, 0.5) is 0 Å². The van der Waals surface area contributed by atoms with Gasteiger partial charge in [-0.1, -0.05) is 19.1 Å². The molecule has 0 saturated carbocycles. The van der Waals surface area contributed by atoms with Gasteiger partial charge in [0.1, 0.15) is 23.2 Å². The molecule has 10 heteroatoms. The van der Waals surface area contributed by atoms with Crippen LogP contribution < -0.4 is 0 Å². The zero-order chi connectivity index (χ0) is 19.7. The van der Waals surface area contributed by atoms with Crippen LogP contribution in [0, 0.1) is 5.92 Å². The van der Waals surface area contributed by atoms with E-state index in [2.05, 4.69) is 4.76 Å². The summed E-state index contributed by atoms with van der Waals surface area (Å²) in [7, 11) is -4.98. The Balaban J connectivity index is 2.58. The standard InChI is InChI=1S/C16H20NO8P/c1-2-12(9-4-3-5-10(18)6-9)16(21,22)15-13(17-26(23,24)25)7-11(19)8-14(15)20/h3-8,12,15,18-22H,2H2,1H3,(H2,23,24,25). The zero-order valence-electron chi connectivity index (χ0n) is 13.8. The predicted molar refractivity (Wildman–Crippen MR) is 92.7 cm³/mol. The number of allylic oxidation sites excluding steroid dienone is 2. The minimum atomic E-state index is -4.98. The third kappa shape index (κ3) is 4.32. The molecule has 0 heterocycles. The Bertz CT molecular complexity index is 823. The van der Waals surface area contributed by atoms with Gasteiger partial charge in [-0.3, -0.25) is 0 Å². The van der Waals surface area contributed by atoms with Gasteiger partial charge in [0, 0.05) is 18.1 Å². The Morgan fingerprint density at radius 2 is 1.85 bits per heavy atom. The quantitative estimate of drug-likeness (QED) is 0.296. The summed E-state index contributed by atoms with van der Waals surface area (Å²) < 4.78 is 14.4. The molecule has 0 radical (unpaired) electrons. The molecule has 142 valence electrons. The van der Waals surface area contributed by atoms with E-state index in [0.29, 0.717) is 5.56 Å². The average molecular weight is 385 g/mol. The summed E-state index contributed by atoms with van der Waals surface area (Å²) in [4.78, 5) is 18.2. The minimum Gasteiger partial charge on any atom is -0.511 e. The lowest BCUT2D eigenvalue weighted by Gasteiger charge is -2.38. The first-order valence-corrected chi connectivity index (χ1v) is 9.22. The zero-order valence-corrected chi connectivity index (χ0v) is 14.7. The van der Waals surface area contributed by atoms with Crippen LogP contribution in [-0.2, 0) is 4.57 Å². The lowest BCUT2D eigenvalue weighted by Crippen LogP contribution is -2.48. The highest BCUT2D eigenvalue weighted by atomic mass is 31.2. The van der Waals surface area contributed by atoms with E-state index >= 15 is 0 Å². The molecule has 2 rings (SSSR count). The number of nitrogens with zero attached hydrogens (tertiary/aromatic N) is 1. The van der Waals surface area contributed by atoms with Crippen molar-refractivity contribution in [2.45, 2.75) is 25.0 Å². The highest BCUT2D eigenvalue weighted by molar-refractivity contribution is 7.50. The summed E-state index contributed by atoms with van der Waals surface area (Å²) in [5, 5.41) is 50.9. The fourth-order valence-electron chi connectivity index (χ4n) is 3.06. The first kappa shape index (κ1) is 20.2. The monoisotopic (exact) mass is 385 g/mol. The second-order valence-electron chi connectivity index (χ2n) is 5.95. The van der Waals surface area contributed by atoms with Crippen molar-refractivity contribution in [1.29, 1.82) is 0 Å². The third-order valence-corrected chi connectivity index (χ3v) is 4.54. The van der Waals surface area contributed by atoms with Crippen molar-refractivity contribution >= 4 is 13.5 Å². The molecule has 9 nitrogen and oxygen atoms in total. The highest BCUT2D eigenvalue weighted by Gasteiger charge is 2.48. The Labute approximate surface area is 149 Å². The fourth-order valence-corrected chi connectivity index (χ4v) is 3.53. The maximum Gasteiger partial charge on any atom is 0.448 e. The van der Waals surface area contributed by atoms with Crippen LogP contribution in [0.2, 0.25) is 0 Å². The van der Waals surface area contributed by atoms with Crippen molar-refractivity contribution in [3.8, 4) is 5.75 Å². The maximum atomic E-state index is 11.2. The molecule has 26 heavy (non-hydrogen) atoms. The number of rotatable bonds is 5. The van der Waals surface area contributed by atoms with Crippen molar-refractivity contribution in [3.05, 3.63) is 53.5 Å². The molecule has 2 unspecified atom stereocenters. The van der Waals surface area contributed by atoms with Gasteiger partial charge >= 0.3 is 7.75 Å². The van der Waals surface area contributed by atoms with Gasteiger partial charge in [0.15, 0.2) is 5.79 Å². The van der Waals surface area contributed by atoms with Crippen LogP contribution in [-0.4, -0.2) is 46.8 Å². The number of benzene rings is 1. The van der Waals surface area contributed by atoms with Gasteiger partial charge in [-0.05, 0) is 24.1 Å². The van der Waals surface area contributed by atoms with Crippen molar-refractivity contribution in [2.24, 2.45) is 10.7 Å². The Kier molecular flexibility index (Phi) is 5.60. The lowest BCUT2D eigenvalue weighted by molar-refractivity contribution is -0.199. The van der Waals surface area contributed by atoms with Crippen LogP contribution in [0.15, 0.2) is 52.7 Å². The summed E-state index contributed by atoms with van der Waals surface area (Å²) in [6.45, 7) is 1.63. The normalized spacial score (nSPS) is 21.3. The van der Waals surface area contributed by atoms with E-state index in [9.17, 15) is 30.1 Å². The maximum absolute atomic E-state index is 11.2. The number of aliphatic hydroxyl groups is 4. The summed E-state index contributed by atoms with van der Waals surface area (Å²) in [6, 6.07) is 5.74.